The van der Waals surface area contributed by atoms with Crippen molar-refractivity contribution in [1.82, 2.24) is 0 Å². The van der Waals surface area contributed by atoms with Gasteiger partial charge in [0.05, 0.1) is 0 Å². The second-order valence-corrected chi connectivity index (χ2v) is 3.55. The van der Waals surface area contributed by atoms with Crippen LogP contribution >= 0.6 is 11.6 Å². The second-order valence-electron chi connectivity index (χ2n) is 3.12. The first-order valence-electron chi connectivity index (χ1n) is 4.48. The lowest BCUT2D eigenvalue weighted by Gasteiger charge is -2.07. The summed E-state index contributed by atoms with van der Waals surface area (Å²) in [6, 6.07) is 4.38. The Morgan fingerprint density at radius 2 is 2.21 bits per heavy atom. The first-order valence-corrected chi connectivity index (χ1v) is 4.86. The maximum absolute atomic E-state index is 12.9. The molecule has 0 heterocycles. The number of nitrogens with one attached hydrogen (secondary N) is 1. The topological polar surface area (TPSA) is 12.0 Å². The molecule has 76 valence electrons. The molecule has 0 fully saturated rings. The van der Waals surface area contributed by atoms with Crippen molar-refractivity contribution in [3.05, 3.63) is 41.2 Å². The average Bonchev–Trinajstić information content (AvgIpc) is 2.12. The van der Waals surface area contributed by atoms with Gasteiger partial charge in [-0.25, -0.2) is 4.39 Å². The third-order valence-corrected chi connectivity index (χ3v) is 2.12. The molecule has 0 atom stereocenters. The monoisotopic (exact) mass is 213 g/mol. The molecule has 0 saturated heterocycles. The first kappa shape index (κ1) is 11.1. The highest BCUT2D eigenvalue weighted by atomic mass is 35.5. The summed E-state index contributed by atoms with van der Waals surface area (Å²) in [7, 11) is 0. The molecule has 0 aliphatic rings. The van der Waals surface area contributed by atoms with E-state index < -0.39 is 0 Å². The molecule has 0 bridgehead atoms. The van der Waals surface area contributed by atoms with Crippen LogP contribution in [0.5, 0.6) is 0 Å². The van der Waals surface area contributed by atoms with Crippen LogP contribution < -0.4 is 5.32 Å². The summed E-state index contributed by atoms with van der Waals surface area (Å²) in [6.07, 6.45) is 0.913. The van der Waals surface area contributed by atoms with Crippen molar-refractivity contribution in [3.63, 3.8) is 0 Å². The van der Waals surface area contributed by atoms with Crippen LogP contribution in [0.25, 0.3) is 0 Å². The van der Waals surface area contributed by atoms with E-state index in [1.807, 2.05) is 6.92 Å². The third-order valence-electron chi connectivity index (χ3n) is 1.91. The van der Waals surface area contributed by atoms with Gasteiger partial charge in [-0.15, -0.1) is 0 Å². The fourth-order valence-corrected chi connectivity index (χ4v) is 1.23. The molecule has 0 aliphatic carbocycles. The Labute approximate surface area is 88.6 Å². The smallest absolute Gasteiger partial charge is 0.126 e. The van der Waals surface area contributed by atoms with Gasteiger partial charge in [-0.05, 0) is 24.6 Å². The van der Waals surface area contributed by atoms with Gasteiger partial charge in [-0.1, -0.05) is 30.7 Å². The minimum absolute atomic E-state index is 0.331. The van der Waals surface area contributed by atoms with Gasteiger partial charge in [-0.3, -0.25) is 0 Å². The van der Waals surface area contributed by atoms with Crippen LogP contribution in [0.15, 0.2) is 30.4 Å². The van der Waals surface area contributed by atoms with Crippen molar-refractivity contribution in [2.24, 2.45) is 0 Å². The fourth-order valence-electron chi connectivity index (χ4n) is 1.01. The highest BCUT2D eigenvalue weighted by Gasteiger charge is 1.98. The standard InChI is InChI=1S/C11H13ClFN/c1-3-8(2)7-14-11-5-9(12)4-10(13)6-11/h4-6,14H,2-3,7H2,1H3. The van der Waals surface area contributed by atoms with E-state index in [1.54, 1.807) is 6.07 Å². The molecular formula is C11H13ClFN. The first-order chi connectivity index (χ1) is 6.61. The van der Waals surface area contributed by atoms with E-state index in [9.17, 15) is 4.39 Å². The van der Waals surface area contributed by atoms with Gasteiger partial charge >= 0.3 is 0 Å². The van der Waals surface area contributed by atoms with Crippen molar-refractivity contribution in [3.8, 4) is 0 Å². The Bertz CT molecular complexity index is 316. The number of anilines is 1. The molecule has 0 aromatic heterocycles. The quantitative estimate of drug-likeness (QED) is 0.749. The van der Waals surface area contributed by atoms with Crippen LogP contribution in [-0.2, 0) is 0 Å². The molecule has 14 heavy (non-hydrogen) atoms. The largest absolute Gasteiger partial charge is 0.381 e. The lowest BCUT2D eigenvalue weighted by atomic mass is 10.2. The van der Waals surface area contributed by atoms with E-state index in [-0.39, 0.29) is 5.82 Å². The van der Waals surface area contributed by atoms with Gasteiger partial charge in [0.25, 0.3) is 0 Å². The summed E-state index contributed by atoms with van der Waals surface area (Å²) < 4.78 is 12.9. The van der Waals surface area contributed by atoms with Crippen molar-refractivity contribution >= 4 is 17.3 Å². The summed E-state index contributed by atoms with van der Waals surface area (Å²) in [5, 5.41) is 3.45. The molecular weight excluding hydrogens is 201 g/mol. The zero-order valence-electron chi connectivity index (χ0n) is 8.11. The van der Waals surface area contributed by atoms with Crippen LogP contribution in [0.2, 0.25) is 5.02 Å². The predicted molar refractivity (Wildman–Crippen MR) is 59.3 cm³/mol. The van der Waals surface area contributed by atoms with E-state index in [1.165, 1.54) is 12.1 Å². The molecule has 0 spiro atoms. The van der Waals surface area contributed by atoms with Crippen molar-refractivity contribution in [1.29, 1.82) is 0 Å². The number of hydrogen-bond donors (Lipinski definition) is 1. The lowest BCUT2D eigenvalue weighted by Crippen LogP contribution is -2.03. The molecule has 0 unspecified atom stereocenters. The summed E-state index contributed by atoms with van der Waals surface area (Å²) in [6.45, 7) is 6.52. The van der Waals surface area contributed by atoms with Gasteiger partial charge in [0.2, 0.25) is 0 Å². The van der Waals surface area contributed by atoms with Gasteiger partial charge < -0.3 is 5.32 Å². The minimum atomic E-state index is -0.331. The van der Waals surface area contributed by atoms with E-state index >= 15 is 0 Å². The molecule has 3 heteroatoms. The van der Waals surface area contributed by atoms with Crippen molar-refractivity contribution < 1.29 is 4.39 Å². The lowest BCUT2D eigenvalue weighted by molar-refractivity contribution is 0.628. The summed E-state index contributed by atoms with van der Waals surface area (Å²) >= 11 is 5.70. The number of hydrogen-bond acceptors (Lipinski definition) is 1. The number of halogens is 2. The van der Waals surface area contributed by atoms with Crippen molar-refractivity contribution in [2.45, 2.75) is 13.3 Å². The maximum Gasteiger partial charge on any atom is 0.126 e. The van der Waals surface area contributed by atoms with E-state index in [4.69, 9.17) is 11.6 Å². The molecule has 0 aliphatic heterocycles. The average molecular weight is 214 g/mol. The molecule has 1 N–H and O–H groups in total. The fraction of sp³-hybridized carbons (Fsp3) is 0.273. The molecule has 0 saturated carbocycles. The van der Waals surface area contributed by atoms with Crippen LogP contribution in [0.1, 0.15) is 13.3 Å². The summed E-state index contributed by atoms with van der Waals surface area (Å²) in [5.41, 5.74) is 1.76. The molecule has 1 nitrogen and oxygen atoms in total. The predicted octanol–water partition coefficient (Wildman–Crippen LogP) is 3.86. The van der Waals surface area contributed by atoms with Gasteiger partial charge in [0, 0.05) is 17.3 Å². The van der Waals surface area contributed by atoms with Gasteiger partial charge in [0.1, 0.15) is 5.82 Å². The molecule has 1 aromatic rings. The third kappa shape index (κ3) is 3.38. The van der Waals surface area contributed by atoms with E-state index in [0.717, 1.165) is 12.0 Å². The Hall–Kier alpha value is -1.02. The zero-order valence-corrected chi connectivity index (χ0v) is 8.87. The Balaban J connectivity index is 2.63. The summed E-state index contributed by atoms with van der Waals surface area (Å²) in [4.78, 5) is 0. The highest BCUT2D eigenvalue weighted by molar-refractivity contribution is 6.30. The normalized spacial score (nSPS) is 9.93. The Morgan fingerprint density at radius 1 is 1.50 bits per heavy atom. The van der Waals surface area contributed by atoms with Crippen molar-refractivity contribution in [2.75, 3.05) is 11.9 Å². The van der Waals surface area contributed by atoms with E-state index in [0.29, 0.717) is 17.3 Å². The Morgan fingerprint density at radius 3 is 2.79 bits per heavy atom. The van der Waals surface area contributed by atoms with Crippen LogP contribution in [0.4, 0.5) is 10.1 Å². The SMILES string of the molecule is C=C(CC)CNc1cc(F)cc(Cl)c1. The Kier molecular flexibility index (Phi) is 3.96. The van der Waals surface area contributed by atoms with E-state index in [2.05, 4.69) is 11.9 Å². The highest BCUT2D eigenvalue weighted by Crippen LogP contribution is 2.18. The molecule has 0 amide bonds. The zero-order chi connectivity index (χ0) is 10.6. The molecule has 1 aromatic carbocycles. The van der Waals surface area contributed by atoms with Gasteiger partial charge in [0.15, 0.2) is 0 Å². The molecule has 0 radical (unpaired) electrons. The van der Waals surface area contributed by atoms with Crippen LogP contribution in [0.3, 0.4) is 0 Å². The maximum atomic E-state index is 12.9. The number of benzene rings is 1. The molecule has 1 rings (SSSR count). The van der Waals surface area contributed by atoms with Crippen LogP contribution in [0, 0.1) is 5.82 Å². The minimum Gasteiger partial charge on any atom is -0.381 e. The number of rotatable bonds is 4. The van der Waals surface area contributed by atoms with Crippen LogP contribution in [-0.4, -0.2) is 6.54 Å². The second kappa shape index (κ2) is 5.01. The summed E-state index contributed by atoms with van der Waals surface area (Å²) in [5.74, 6) is -0.331. The van der Waals surface area contributed by atoms with Gasteiger partial charge in [-0.2, -0.15) is 0 Å².